The number of aromatic amines is 1. The minimum atomic E-state index is -0.561. The number of nitrogens with one attached hydrogen (secondary N) is 3. The van der Waals surface area contributed by atoms with Crippen molar-refractivity contribution in [2.75, 3.05) is 32.7 Å². The van der Waals surface area contributed by atoms with E-state index in [9.17, 15) is 13.6 Å². The average molecular weight is 442 g/mol. The van der Waals surface area contributed by atoms with E-state index in [1.165, 1.54) is 31.5 Å². The highest BCUT2D eigenvalue weighted by molar-refractivity contribution is 6.06. The number of aromatic nitrogens is 2. The highest BCUT2D eigenvalue weighted by Crippen LogP contribution is 2.43. The molecule has 0 fully saturated rings. The number of anilines is 2. The summed E-state index contributed by atoms with van der Waals surface area (Å²) in [7, 11) is 2.98. The van der Waals surface area contributed by atoms with Crippen molar-refractivity contribution >= 4 is 17.3 Å². The lowest BCUT2D eigenvalue weighted by Gasteiger charge is -2.28. The normalized spacial score (nSPS) is 16.3. The molecular weight excluding hydrogens is 418 g/mol. The van der Waals surface area contributed by atoms with E-state index >= 15 is 0 Å². The van der Waals surface area contributed by atoms with Gasteiger partial charge in [0.25, 0.3) is 5.91 Å². The number of halogens is 2. The van der Waals surface area contributed by atoms with Crippen LogP contribution in [-0.4, -0.2) is 43.2 Å². The fourth-order valence-electron chi connectivity index (χ4n) is 4.15. The number of methoxy groups -OCH3 is 2. The largest absolute Gasteiger partial charge is 0.492 e. The van der Waals surface area contributed by atoms with Crippen LogP contribution < -0.4 is 15.4 Å². The van der Waals surface area contributed by atoms with E-state index in [1.54, 1.807) is 13.2 Å². The van der Waals surface area contributed by atoms with E-state index < -0.39 is 11.6 Å². The summed E-state index contributed by atoms with van der Waals surface area (Å²) in [5.41, 5.74) is 2.26. The molecule has 0 saturated heterocycles. The number of carbonyl (C=O) groups is 1. The van der Waals surface area contributed by atoms with Gasteiger partial charge in [0.2, 0.25) is 0 Å². The van der Waals surface area contributed by atoms with Gasteiger partial charge in [0.1, 0.15) is 0 Å². The highest BCUT2D eigenvalue weighted by Gasteiger charge is 2.36. The van der Waals surface area contributed by atoms with Crippen molar-refractivity contribution in [3.63, 3.8) is 0 Å². The molecule has 4 rings (SSSR count). The Labute approximate surface area is 184 Å². The van der Waals surface area contributed by atoms with E-state index in [-0.39, 0.29) is 29.1 Å². The molecule has 0 spiro atoms. The van der Waals surface area contributed by atoms with E-state index in [0.29, 0.717) is 41.5 Å². The average Bonchev–Trinajstić information content (AvgIpc) is 3.14. The van der Waals surface area contributed by atoms with Crippen LogP contribution in [-0.2, 0) is 4.74 Å². The Hall–Kier alpha value is -3.46. The second-order valence-corrected chi connectivity index (χ2v) is 7.71. The van der Waals surface area contributed by atoms with Gasteiger partial charge < -0.3 is 25.1 Å². The van der Waals surface area contributed by atoms with E-state index in [0.717, 1.165) is 6.20 Å². The minimum Gasteiger partial charge on any atom is -0.492 e. The Balaban J connectivity index is 1.93. The number of ether oxygens (including phenoxy) is 2. The first-order valence-corrected chi connectivity index (χ1v) is 10.2. The number of H-pyrrole nitrogens is 1. The van der Waals surface area contributed by atoms with Crippen molar-refractivity contribution in [3.05, 3.63) is 59.6 Å². The third-order valence-electron chi connectivity index (χ3n) is 5.70. The molecule has 0 bridgehead atoms. The number of benzene rings is 1. The van der Waals surface area contributed by atoms with Crippen LogP contribution in [0.2, 0.25) is 0 Å². The molecule has 0 aliphatic carbocycles. The molecule has 3 N–H and O–H groups in total. The SMILES string of the molecule is COC[C@@H](C)[C@@H]1CNC(=O)c2c1[nH]c(-c1ccncc1F)c2Nc1cccc(F)c1OC. The molecule has 2 atom stereocenters. The van der Waals surface area contributed by atoms with Crippen LogP contribution in [0.15, 0.2) is 36.7 Å². The second kappa shape index (κ2) is 8.96. The Morgan fingerprint density at radius 3 is 2.78 bits per heavy atom. The van der Waals surface area contributed by atoms with Crippen LogP contribution in [0.5, 0.6) is 5.75 Å². The van der Waals surface area contributed by atoms with Crippen molar-refractivity contribution in [1.82, 2.24) is 15.3 Å². The molecule has 2 aromatic heterocycles. The summed E-state index contributed by atoms with van der Waals surface area (Å²) >= 11 is 0. The van der Waals surface area contributed by atoms with E-state index in [1.807, 2.05) is 6.92 Å². The molecule has 32 heavy (non-hydrogen) atoms. The maximum Gasteiger partial charge on any atom is 0.255 e. The van der Waals surface area contributed by atoms with Gasteiger partial charge in [-0.05, 0) is 24.1 Å². The summed E-state index contributed by atoms with van der Waals surface area (Å²) in [6.45, 7) is 2.92. The van der Waals surface area contributed by atoms with Crippen LogP contribution in [0.3, 0.4) is 0 Å². The first kappa shape index (κ1) is 21.8. The summed E-state index contributed by atoms with van der Waals surface area (Å²) in [6, 6.07) is 5.94. The van der Waals surface area contributed by atoms with Gasteiger partial charge in [-0.15, -0.1) is 0 Å². The number of amides is 1. The Bertz CT molecular complexity index is 1150. The highest BCUT2D eigenvalue weighted by atomic mass is 19.1. The first-order valence-electron chi connectivity index (χ1n) is 10.2. The predicted molar refractivity (Wildman–Crippen MR) is 116 cm³/mol. The van der Waals surface area contributed by atoms with E-state index in [4.69, 9.17) is 9.47 Å². The maximum absolute atomic E-state index is 14.7. The lowest BCUT2D eigenvalue weighted by atomic mass is 9.86. The van der Waals surface area contributed by atoms with Crippen molar-refractivity contribution in [1.29, 1.82) is 0 Å². The number of rotatable bonds is 7. The van der Waals surface area contributed by atoms with Gasteiger partial charge in [0, 0.05) is 43.6 Å². The lowest BCUT2D eigenvalue weighted by molar-refractivity contribution is 0.0920. The van der Waals surface area contributed by atoms with Crippen LogP contribution in [0.4, 0.5) is 20.2 Å². The summed E-state index contributed by atoms with van der Waals surface area (Å²) < 4.78 is 39.5. The Morgan fingerprint density at radius 2 is 2.06 bits per heavy atom. The number of carbonyl (C=O) groups excluding carboxylic acids is 1. The molecular formula is C23H24F2N4O3. The summed E-state index contributed by atoms with van der Waals surface area (Å²) in [4.78, 5) is 20.0. The number of nitrogens with zero attached hydrogens (tertiary/aromatic N) is 1. The topological polar surface area (TPSA) is 88.3 Å². The molecule has 7 nitrogen and oxygen atoms in total. The summed E-state index contributed by atoms with van der Waals surface area (Å²) in [6.07, 6.45) is 2.57. The van der Waals surface area contributed by atoms with Gasteiger partial charge in [-0.1, -0.05) is 13.0 Å². The maximum atomic E-state index is 14.7. The summed E-state index contributed by atoms with van der Waals surface area (Å²) in [5.74, 6) is -1.45. The minimum absolute atomic E-state index is 0.0101. The van der Waals surface area contributed by atoms with Crippen molar-refractivity contribution < 1.29 is 23.0 Å². The lowest BCUT2D eigenvalue weighted by Crippen LogP contribution is -2.38. The number of para-hydroxylation sites is 1. The fraction of sp³-hybridized carbons (Fsp3) is 0.304. The standard InChI is InChI=1S/C23H24F2N4O3/c1-12(11-31-2)14-9-27-23(30)18-19(14)29-20(13-7-8-26-10-16(13)25)21(18)28-17-6-4-5-15(24)22(17)32-3/h4-8,10,12,14,28-29H,9,11H2,1-3H3,(H,27,30)/t12-,14+/m1/s1. The smallest absolute Gasteiger partial charge is 0.255 e. The fourth-order valence-corrected chi connectivity index (χ4v) is 4.15. The van der Waals surface area contributed by atoms with Gasteiger partial charge in [0.05, 0.1) is 35.9 Å². The molecule has 0 unspecified atom stereocenters. The number of fused-ring (bicyclic) bond motifs is 1. The Kier molecular flexibility index (Phi) is 6.09. The molecule has 1 aliphatic rings. The van der Waals surface area contributed by atoms with Crippen LogP contribution in [0.25, 0.3) is 11.3 Å². The van der Waals surface area contributed by atoms with Crippen LogP contribution in [0.1, 0.15) is 28.9 Å². The van der Waals surface area contributed by atoms with Gasteiger partial charge in [-0.3, -0.25) is 9.78 Å². The molecule has 3 aromatic rings. The predicted octanol–water partition coefficient (Wildman–Crippen LogP) is 4.22. The molecule has 0 radical (unpaired) electrons. The third kappa shape index (κ3) is 3.80. The zero-order chi connectivity index (χ0) is 22.8. The van der Waals surface area contributed by atoms with Crippen LogP contribution in [0, 0.1) is 17.6 Å². The zero-order valence-electron chi connectivity index (χ0n) is 18.0. The molecule has 168 valence electrons. The molecule has 1 amide bonds. The van der Waals surface area contributed by atoms with Crippen molar-refractivity contribution in [3.8, 4) is 17.0 Å². The van der Waals surface area contributed by atoms with Gasteiger partial charge in [-0.2, -0.15) is 0 Å². The molecule has 1 aliphatic heterocycles. The number of hydrogen-bond donors (Lipinski definition) is 3. The third-order valence-corrected chi connectivity index (χ3v) is 5.70. The first-order chi connectivity index (χ1) is 15.5. The van der Waals surface area contributed by atoms with Crippen molar-refractivity contribution in [2.45, 2.75) is 12.8 Å². The Morgan fingerprint density at radius 1 is 1.25 bits per heavy atom. The number of pyridine rings is 1. The molecule has 1 aromatic carbocycles. The molecule has 3 heterocycles. The monoisotopic (exact) mass is 442 g/mol. The quantitative estimate of drug-likeness (QED) is 0.510. The van der Waals surface area contributed by atoms with Crippen LogP contribution >= 0.6 is 0 Å². The van der Waals surface area contributed by atoms with Gasteiger partial charge in [-0.25, -0.2) is 8.78 Å². The second-order valence-electron chi connectivity index (χ2n) is 7.71. The molecule has 9 heteroatoms. The van der Waals surface area contributed by atoms with E-state index in [2.05, 4.69) is 20.6 Å². The number of hydrogen-bond acceptors (Lipinski definition) is 5. The van der Waals surface area contributed by atoms with Gasteiger partial charge in [0.15, 0.2) is 17.4 Å². The zero-order valence-corrected chi connectivity index (χ0v) is 18.0. The summed E-state index contributed by atoms with van der Waals surface area (Å²) in [5, 5.41) is 6.02. The molecule has 0 saturated carbocycles. The van der Waals surface area contributed by atoms with Gasteiger partial charge >= 0.3 is 0 Å². The van der Waals surface area contributed by atoms with Crippen molar-refractivity contribution in [2.24, 2.45) is 5.92 Å².